The SMILES string of the molecule is CN1C(=O)C2N(N(C)C1=O)C1(Br)C(=O)N(C)C(=O)C21Br. The van der Waals surface area contributed by atoms with E-state index in [2.05, 4.69) is 31.9 Å². The van der Waals surface area contributed by atoms with Crippen LogP contribution in [0.15, 0.2) is 0 Å². The molecule has 0 radical (unpaired) electrons. The van der Waals surface area contributed by atoms with Crippen LogP contribution < -0.4 is 0 Å². The zero-order chi connectivity index (χ0) is 15.2. The number of amides is 5. The molecule has 0 bridgehead atoms. The van der Waals surface area contributed by atoms with Crippen molar-refractivity contribution in [1.82, 2.24) is 19.8 Å². The minimum atomic E-state index is -1.46. The molecule has 3 saturated heterocycles. The molecule has 0 aromatic carbocycles. The topological polar surface area (TPSA) is 81.2 Å². The fourth-order valence-corrected chi connectivity index (χ4v) is 5.04. The number of halogens is 2. The summed E-state index contributed by atoms with van der Waals surface area (Å²) in [5, 5.41) is 2.47. The summed E-state index contributed by atoms with van der Waals surface area (Å²) < 4.78 is -2.87. The van der Waals surface area contributed by atoms with E-state index < -0.39 is 38.6 Å². The van der Waals surface area contributed by atoms with E-state index in [1.165, 1.54) is 31.2 Å². The molecule has 0 aliphatic carbocycles. The van der Waals surface area contributed by atoms with E-state index in [9.17, 15) is 19.2 Å². The van der Waals surface area contributed by atoms with Crippen LogP contribution in [0.4, 0.5) is 4.79 Å². The lowest BCUT2D eigenvalue weighted by Crippen LogP contribution is -2.89. The zero-order valence-corrected chi connectivity index (χ0v) is 13.9. The molecule has 3 fully saturated rings. The standard InChI is InChI=1S/C10H10Br2N4O4/c1-13-5(17)4-9(11)6(18)14(2)7(19)10(9,12)16(4)15(3)8(13)20/h4H,1-3H3. The minimum Gasteiger partial charge on any atom is -0.282 e. The van der Waals surface area contributed by atoms with Gasteiger partial charge in [-0.2, -0.15) is 5.01 Å². The van der Waals surface area contributed by atoms with Gasteiger partial charge in [-0.25, -0.2) is 4.79 Å². The number of nitrogens with zero attached hydrogens (tertiary/aromatic N) is 4. The second-order valence-corrected chi connectivity index (χ2v) is 7.35. The van der Waals surface area contributed by atoms with Crippen molar-refractivity contribution in [3.8, 4) is 0 Å². The fourth-order valence-electron chi connectivity index (χ4n) is 2.94. The third kappa shape index (κ3) is 1.06. The van der Waals surface area contributed by atoms with Crippen LogP contribution in [0.5, 0.6) is 0 Å². The van der Waals surface area contributed by atoms with E-state index >= 15 is 0 Å². The van der Waals surface area contributed by atoms with Gasteiger partial charge in [0.25, 0.3) is 17.7 Å². The lowest BCUT2D eigenvalue weighted by molar-refractivity contribution is -0.193. The first-order valence-corrected chi connectivity index (χ1v) is 7.25. The number of likely N-dealkylation sites (N-methyl/N-ethyl adjacent to an activating group) is 2. The molecule has 20 heavy (non-hydrogen) atoms. The summed E-state index contributed by atoms with van der Waals surface area (Å²) in [5.41, 5.74) is 0. The maximum atomic E-state index is 12.3. The molecule has 0 N–H and O–H groups in total. The van der Waals surface area contributed by atoms with Crippen molar-refractivity contribution in [3.05, 3.63) is 0 Å². The second kappa shape index (κ2) is 3.60. The van der Waals surface area contributed by atoms with Gasteiger partial charge in [-0.3, -0.25) is 29.2 Å². The van der Waals surface area contributed by atoms with Gasteiger partial charge in [-0.05, 0) is 0 Å². The smallest absolute Gasteiger partial charge is 0.282 e. The third-order valence-electron chi connectivity index (χ3n) is 4.07. The van der Waals surface area contributed by atoms with Crippen LogP contribution in [0, 0.1) is 0 Å². The first-order valence-electron chi connectivity index (χ1n) is 5.66. The number of fused-ring (bicyclic) bond motifs is 4. The normalized spacial score (nSPS) is 41.0. The highest BCUT2D eigenvalue weighted by molar-refractivity contribution is 9.13. The van der Waals surface area contributed by atoms with Crippen LogP contribution in [-0.4, -0.2) is 79.5 Å². The fraction of sp³-hybridized carbons (Fsp3) is 0.600. The number of alkyl halides is 2. The average Bonchev–Trinajstić information content (AvgIpc) is 2.52. The Morgan fingerprint density at radius 2 is 1.50 bits per heavy atom. The van der Waals surface area contributed by atoms with Crippen molar-refractivity contribution in [2.45, 2.75) is 14.8 Å². The maximum absolute atomic E-state index is 12.3. The van der Waals surface area contributed by atoms with Gasteiger partial charge in [-0.1, -0.05) is 31.9 Å². The lowest BCUT2D eigenvalue weighted by Gasteiger charge is -2.63. The van der Waals surface area contributed by atoms with E-state index in [-0.39, 0.29) is 0 Å². The highest BCUT2D eigenvalue weighted by Crippen LogP contribution is 2.62. The highest BCUT2D eigenvalue weighted by atomic mass is 79.9. The van der Waals surface area contributed by atoms with Gasteiger partial charge in [0.1, 0.15) is 6.04 Å². The van der Waals surface area contributed by atoms with E-state index in [0.717, 1.165) is 9.80 Å². The van der Waals surface area contributed by atoms with E-state index in [1.807, 2.05) is 0 Å². The van der Waals surface area contributed by atoms with Crippen LogP contribution in [-0.2, 0) is 14.4 Å². The predicted octanol–water partition coefficient (Wildman–Crippen LogP) is -0.667. The van der Waals surface area contributed by atoms with E-state index in [1.54, 1.807) is 0 Å². The molecule has 8 nitrogen and oxygen atoms in total. The first-order chi connectivity index (χ1) is 9.11. The molecule has 3 atom stereocenters. The molecule has 3 heterocycles. The van der Waals surface area contributed by atoms with E-state index in [4.69, 9.17) is 0 Å². The molecular weight excluding hydrogens is 400 g/mol. The summed E-state index contributed by atoms with van der Waals surface area (Å²) in [7, 11) is 4.14. The Labute approximate surface area is 130 Å². The van der Waals surface area contributed by atoms with Crippen LogP contribution in [0.1, 0.15) is 0 Å². The zero-order valence-electron chi connectivity index (χ0n) is 10.8. The molecule has 108 valence electrons. The van der Waals surface area contributed by atoms with Gasteiger partial charge in [0.05, 0.1) is 0 Å². The number of rotatable bonds is 0. The molecule has 3 rings (SSSR count). The molecule has 0 aromatic rings. The number of hydrazine groups is 1. The average molecular weight is 410 g/mol. The number of likely N-dealkylation sites (tertiary alicyclic amines) is 1. The Hall–Kier alpha value is -1.00. The van der Waals surface area contributed by atoms with Crippen molar-refractivity contribution in [2.75, 3.05) is 21.1 Å². The van der Waals surface area contributed by atoms with Gasteiger partial charge in [0.15, 0.2) is 4.32 Å². The molecule has 0 aromatic heterocycles. The molecule has 3 aliphatic heterocycles. The monoisotopic (exact) mass is 408 g/mol. The quantitative estimate of drug-likeness (QED) is 0.301. The summed E-state index contributed by atoms with van der Waals surface area (Å²) >= 11 is 6.52. The largest absolute Gasteiger partial charge is 0.340 e. The molecule has 3 aliphatic rings. The highest BCUT2D eigenvalue weighted by Gasteiger charge is 2.86. The maximum Gasteiger partial charge on any atom is 0.340 e. The summed E-state index contributed by atoms with van der Waals surface area (Å²) in [5.74, 6) is -1.56. The van der Waals surface area contributed by atoms with Gasteiger partial charge in [0, 0.05) is 21.1 Å². The summed E-state index contributed by atoms with van der Waals surface area (Å²) in [6, 6.07) is -1.51. The first kappa shape index (κ1) is 14.0. The van der Waals surface area contributed by atoms with E-state index in [0.29, 0.717) is 0 Å². The molecule has 0 spiro atoms. The molecule has 0 saturated carbocycles. The Morgan fingerprint density at radius 3 is 2.05 bits per heavy atom. The Bertz CT molecular complexity index is 598. The molecule has 3 unspecified atom stereocenters. The lowest BCUT2D eigenvalue weighted by atomic mass is 9.80. The van der Waals surface area contributed by atoms with Crippen molar-refractivity contribution < 1.29 is 19.2 Å². The van der Waals surface area contributed by atoms with Gasteiger partial charge >= 0.3 is 6.03 Å². The van der Waals surface area contributed by atoms with Gasteiger partial charge < -0.3 is 0 Å². The van der Waals surface area contributed by atoms with Gasteiger partial charge in [0.2, 0.25) is 4.45 Å². The Kier molecular flexibility index (Phi) is 2.51. The summed E-state index contributed by atoms with van der Waals surface area (Å²) in [6.07, 6.45) is 0. The Morgan fingerprint density at radius 1 is 0.950 bits per heavy atom. The number of imide groups is 2. The predicted molar refractivity (Wildman–Crippen MR) is 72.6 cm³/mol. The number of hydrogen-bond acceptors (Lipinski definition) is 5. The number of carbonyl (C=O) groups is 4. The van der Waals surface area contributed by atoms with Crippen molar-refractivity contribution in [1.29, 1.82) is 0 Å². The second-order valence-electron chi connectivity index (χ2n) is 4.95. The molecule has 5 amide bonds. The minimum absolute atomic E-state index is 0.509. The van der Waals surface area contributed by atoms with Crippen molar-refractivity contribution >= 4 is 55.6 Å². The Balaban J connectivity index is 2.19. The van der Waals surface area contributed by atoms with Crippen LogP contribution in [0.2, 0.25) is 0 Å². The molecule has 10 heteroatoms. The van der Waals surface area contributed by atoms with Crippen molar-refractivity contribution in [2.24, 2.45) is 0 Å². The summed E-state index contributed by atoms with van der Waals surface area (Å²) in [6.45, 7) is 0. The number of carbonyl (C=O) groups excluding carboxylic acids is 4. The number of urea groups is 1. The van der Waals surface area contributed by atoms with Crippen LogP contribution in [0.25, 0.3) is 0 Å². The van der Waals surface area contributed by atoms with Crippen LogP contribution in [0.3, 0.4) is 0 Å². The summed E-state index contributed by atoms with van der Waals surface area (Å²) in [4.78, 5) is 50.8. The van der Waals surface area contributed by atoms with Gasteiger partial charge in [-0.15, -0.1) is 0 Å². The molecular formula is C10H10Br2N4O4. The third-order valence-corrected chi connectivity index (χ3v) is 7.28. The van der Waals surface area contributed by atoms with Crippen LogP contribution >= 0.6 is 31.9 Å². The number of hydrogen-bond donors (Lipinski definition) is 0. The van der Waals surface area contributed by atoms with Crippen molar-refractivity contribution in [3.63, 3.8) is 0 Å².